The molecular weight excluding hydrogens is 224 g/mol. The third-order valence-corrected chi connectivity index (χ3v) is 3.41. The molecule has 0 spiro atoms. The Kier molecular flexibility index (Phi) is 5.35. The van der Waals surface area contributed by atoms with Crippen LogP contribution in [0, 0.1) is 5.41 Å². The molecule has 0 aromatic heterocycles. The highest BCUT2D eigenvalue weighted by molar-refractivity contribution is 5.78. The van der Waals surface area contributed by atoms with Gasteiger partial charge in [0.25, 0.3) is 0 Å². The van der Waals surface area contributed by atoms with E-state index in [9.17, 15) is 4.79 Å². The third-order valence-electron chi connectivity index (χ3n) is 3.41. The van der Waals surface area contributed by atoms with Crippen molar-refractivity contribution in [2.45, 2.75) is 40.2 Å². The Hall–Kier alpha value is -1.35. The Morgan fingerprint density at radius 2 is 1.89 bits per heavy atom. The summed E-state index contributed by atoms with van der Waals surface area (Å²) in [5, 5.41) is 2.99. The molecule has 0 heterocycles. The van der Waals surface area contributed by atoms with Crippen LogP contribution in [0.1, 0.15) is 38.3 Å². The van der Waals surface area contributed by atoms with Crippen LogP contribution >= 0.6 is 0 Å². The molecule has 0 aliphatic rings. The van der Waals surface area contributed by atoms with Crippen molar-refractivity contribution in [3.05, 3.63) is 35.4 Å². The summed E-state index contributed by atoms with van der Waals surface area (Å²) in [6, 6.07) is 7.83. The molecule has 0 aliphatic heterocycles. The number of rotatable bonds is 6. The lowest BCUT2D eigenvalue weighted by Crippen LogP contribution is -2.34. The molecule has 0 atom stereocenters. The van der Waals surface area contributed by atoms with Gasteiger partial charge in [-0.2, -0.15) is 0 Å². The van der Waals surface area contributed by atoms with Crippen molar-refractivity contribution in [3.8, 4) is 0 Å². The number of nitrogens with one attached hydrogen (secondary N) is 1. The zero-order chi connectivity index (χ0) is 13.6. The lowest BCUT2D eigenvalue weighted by atomic mass is 9.90. The molecule has 1 aromatic carbocycles. The molecule has 1 amide bonds. The number of amides is 1. The van der Waals surface area contributed by atoms with Gasteiger partial charge < -0.3 is 11.1 Å². The van der Waals surface area contributed by atoms with E-state index in [1.807, 2.05) is 24.3 Å². The van der Waals surface area contributed by atoms with Crippen LogP contribution < -0.4 is 11.1 Å². The second-order valence-corrected chi connectivity index (χ2v) is 5.44. The van der Waals surface area contributed by atoms with E-state index in [-0.39, 0.29) is 11.3 Å². The van der Waals surface area contributed by atoms with Gasteiger partial charge in [-0.3, -0.25) is 4.79 Å². The smallest absolute Gasteiger partial charge is 0.224 e. The summed E-state index contributed by atoms with van der Waals surface area (Å²) in [5.41, 5.74) is 7.88. The lowest BCUT2D eigenvalue weighted by molar-refractivity contribution is -0.120. The topological polar surface area (TPSA) is 55.1 Å². The quantitative estimate of drug-likeness (QED) is 0.811. The first-order chi connectivity index (χ1) is 8.48. The van der Waals surface area contributed by atoms with Crippen LogP contribution in [0.4, 0.5) is 0 Å². The van der Waals surface area contributed by atoms with Crippen molar-refractivity contribution in [3.63, 3.8) is 0 Å². The van der Waals surface area contributed by atoms with Gasteiger partial charge >= 0.3 is 0 Å². The molecule has 1 rings (SSSR count). The fourth-order valence-corrected chi connectivity index (χ4v) is 1.63. The Labute approximate surface area is 110 Å². The lowest BCUT2D eigenvalue weighted by Gasteiger charge is -2.23. The maximum Gasteiger partial charge on any atom is 0.224 e. The standard InChI is InChI=1S/C15H24N2O/c1-4-15(2,3)11-17-14(18)9-12-7-5-6-8-13(12)10-16/h5-8H,4,9-11,16H2,1-3H3,(H,17,18). The molecule has 0 fully saturated rings. The highest BCUT2D eigenvalue weighted by Gasteiger charge is 2.16. The summed E-state index contributed by atoms with van der Waals surface area (Å²) in [6.07, 6.45) is 1.46. The van der Waals surface area contributed by atoms with Gasteiger partial charge in [-0.25, -0.2) is 0 Å². The molecule has 0 bridgehead atoms. The third kappa shape index (κ3) is 4.49. The van der Waals surface area contributed by atoms with E-state index in [1.54, 1.807) is 0 Å². The van der Waals surface area contributed by atoms with E-state index in [2.05, 4.69) is 26.1 Å². The molecule has 3 nitrogen and oxygen atoms in total. The molecule has 0 saturated carbocycles. The van der Waals surface area contributed by atoms with Gasteiger partial charge in [0.1, 0.15) is 0 Å². The first kappa shape index (κ1) is 14.7. The van der Waals surface area contributed by atoms with Crippen LogP contribution in [0.25, 0.3) is 0 Å². The molecule has 100 valence electrons. The zero-order valence-corrected chi connectivity index (χ0v) is 11.6. The van der Waals surface area contributed by atoms with E-state index in [1.165, 1.54) is 0 Å². The summed E-state index contributed by atoms with van der Waals surface area (Å²) < 4.78 is 0. The minimum atomic E-state index is 0.0671. The predicted molar refractivity (Wildman–Crippen MR) is 75.1 cm³/mol. The summed E-state index contributed by atoms with van der Waals surface area (Å²) in [4.78, 5) is 11.9. The van der Waals surface area contributed by atoms with Gasteiger partial charge in [-0.15, -0.1) is 0 Å². The van der Waals surface area contributed by atoms with Crippen molar-refractivity contribution < 1.29 is 4.79 Å². The Morgan fingerprint density at radius 3 is 2.44 bits per heavy atom. The van der Waals surface area contributed by atoms with Crippen molar-refractivity contribution in [1.82, 2.24) is 5.32 Å². The molecule has 0 radical (unpaired) electrons. The zero-order valence-electron chi connectivity index (χ0n) is 11.6. The first-order valence-corrected chi connectivity index (χ1v) is 6.52. The minimum Gasteiger partial charge on any atom is -0.355 e. The second-order valence-electron chi connectivity index (χ2n) is 5.44. The molecule has 18 heavy (non-hydrogen) atoms. The van der Waals surface area contributed by atoms with Crippen LogP contribution in [0.3, 0.4) is 0 Å². The van der Waals surface area contributed by atoms with Crippen LogP contribution in [0.2, 0.25) is 0 Å². The molecule has 3 N–H and O–H groups in total. The summed E-state index contributed by atoms with van der Waals surface area (Å²) in [5.74, 6) is 0.0671. The van der Waals surface area contributed by atoms with E-state index >= 15 is 0 Å². The second kappa shape index (κ2) is 6.55. The highest BCUT2D eigenvalue weighted by atomic mass is 16.1. The SMILES string of the molecule is CCC(C)(C)CNC(=O)Cc1ccccc1CN. The Balaban J connectivity index is 2.55. The van der Waals surface area contributed by atoms with Crippen molar-refractivity contribution in [2.24, 2.45) is 11.1 Å². The van der Waals surface area contributed by atoms with E-state index in [0.29, 0.717) is 19.5 Å². The maximum atomic E-state index is 11.9. The molecule has 0 unspecified atom stereocenters. The molecule has 0 saturated heterocycles. The molecule has 0 aliphatic carbocycles. The normalized spacial score (nSPS) is 11.3. The van der Waals surface area contributed by atoms with E-state index in [0.717, 1.165) is 17.5 Å². The number of benzene rings is 1. The van der Waals surface area contributed by atoms with Crippen LogP contribution in [-0.4, -0.2) is 12.5 Å². The maximum absolute atomic E-state index is 11.9. The van der Waals surface area contributed by atoms with Crippen LogP contribution in [-0.2, 0) is 17.8 Å². The first-order valence-electron chi connectivity index (χ1n) is 6.52. The molecular formula is C15H24N2O. The average Bonchev–Trinajstić information content (AvgIpc) is 2.37. The van der Waals surface area contributed by atoms with Crippen LogP contribution in [0.5, 0.6) is 0 Å². The van der Waals surface area contributed by atoms with Gasteiger partial charge in [0.05, 0.1) is 6.42 Å². The Bertz CT molecular complexity index is 399. The van der Waals surface area contributed by atoms with Gasteiger partial charge in [0.2, 0.25) is 5.91 Å². The van der Waals surface area contributed by atoms with Gasteiger partial charge in [-0.1, -0.05) is 45.0 Å². The predicted octanol–water partition coefficient (Wildman–Crippen LogP) is 2.24. The highest BCUT2D eigenvalue weighted by Crippen LogP contribution is 2.17. The fourth-order valence-electron chi connectivity index (χ4n) is 1.63. The fraction of sp³-hybridized carbons (Fsp3) is 0.533. The number of nitrogens with two attached hydrogens (primary N) is 1. The van der Waals surface area contributed by atoms with Crippen molar-refractivity contribution in [2.75, 3.05) is 6.54 Å². The Morgan fingerprint density at radius 1 is 1.28 bits per heavy atom. The van der Waals surface area contributed by atoms with Crippen molar-refractivity contribution in [1.29, 1.82) is 0 Å². The number of hydrogen-bond acceptors (Lipinski definition) is 2. The monoisotopic (exact) mass is 248 g/mol. The molecule has 1 aromatic rings. The minimum absolute atomic E-state index is 0.0671. The van der Waals surface area contributed by atoms with E-state index in [4.69, 9.17) is 5.73 Å². The van der Waals surface area contributed by atoms with Gasteiger partial charge in [-0.05, 0) is 23.0 Å². The van der Waals surface area contributed by atoms with Gasteiger partial charge in [0.15, 0.2) is 0 Å². The summed E-state index contributed by atoms with van der Waals surface area (Å²) in [6.45, 7) is 7.63. The largest absolute Gasteiger partial charge is 0.355 e. The average molecular weight is 248 g/mol. The number of carbonyl (C=O) groups excluding carboxylic acids is 1. The molecule has 3 heteroatoms. The summed E-state index contributed by atoms with van der Waals surface area (Å²) in [7, 11) is 0. The number of carbonyl (C=O) groups is 1. The van der Waals surface area contributed by atoms with E-state index < -0.39 is 0 Å². The van der Waals surface area contributed by atoms with Crippen molar-refractivity contribution >= 4 is 5.91 Å². The summed E-state index contributed by atoms with van der Waals surface area (Å²) >= 11 is 0. The van der Waals surface area contributed by atoms with Crippen LogP contribution in [0.15, 0.2) is 24.3 Å². The van der Waals surface area contributed by atoms with Gasteiger partial charge in [0, 0.05) is 13.1 Å². The number of hydrogen-bond donors (Lipinski definition) is 2.